The van der Waals surface area contributed by atoms with Crippen LogP contribution >= 0.6 is 11.6 Å². The number of unbranched alkanes of at least 4 members (excludes halogenated alkanes) is 16. The summed E-state index contributed by atoms with van der Waals surface area (Å²) in [6.45, 7) is 8.08. The van der Waals surface area contributed by atoms with Crippen molar-refractivity contribution < 1.29 is 14.3 Å². The van der Waals surface area contributed by atoms with Crippen LogP contribution in [-0.4, -0.2) is 71.5 Å². The van der Waals surface area contributed by atoms with Gasteiger partial charge in [-0.2, -0.15) is 10.1 Å². The van der Waals surface area contributed by atoms with Crippen LogP contribution in [0.3, 0.4) is 0 Å². The van der Waals surface area contributed by atoms with Gasteiger partial charge in [0.25, 0.3) is 0 Å². The van der Waals surface area contributed by atoms with Crippen molar-refractivity contribution in [1.29, 1.82) is 0 Å². The van der Waals surface area contributed by atoms with Gasteiger partial charge in [0, 0.05) is 26.1 Å². The molecule has 2 N–H and O–H groups in total. The highest BCUT2D eigenvalue weighted by Gasteiger charge is 2.17. The van der Waals surface area contributed by atoms with E-state index in [1.165, 1.54) is 83.5 Å². The summed E-state index contributed by atoms with van der Waals surface area (Å²) in [5.74, 6) is 2.32. The molecule has 3 aromatic rings. The van der Waals surface area contributed by atoms with E-state index in [0.29, 0.717) is 29.8 Å². The number of aromatic nitrogens is 4. The number of ether oxygens (including phenoxy) is 2. The van der Waals surface area contributed by atoms with Crippen LogP contribution in [0.5, 0.6) is 11.5 Å². The predicted octanol–water partition coefficient (Wildman–Crippen LogP) is 10.3. The van der Waals surface area contributed by atoms with E-state index in [4.69, 9.17) is 26.2 Å². The first-order valence-corrected chi connectivity index (χ1v) is 21.1. The average molecular weight is 757 g/mol. The minimum atomic E-state index is 0.190. The number of amides is 1. The molecule has 0 saturated carbocycles. The first-order valence-electron chi connectivity index (χ1n) is 20.7. The van der Waals surface area contributed by atoms with Crippen molar-refractivity contribution in [1.82, 2.24) is 30.0 Å². The molecule has 10 nitrogen and oxygen atoms in total. The average Bonchev–Trinajstić information content (AvgIpc) is 3.55. The number of halogens is 1. The fourth-order valence-corrected chi connectivity index (χ4v) is 7.01. The zero-order valence-electron chi connectivity index (χ0n) is 33.7. The molecule has 3 rings (SSSR count). The molecule has 2 aromatic heterocycles. The molecule has 0 aliphatic carbocycles. The number of nitrogens with zero attached hydrogens (tertiary/aromatic N) is 5. The smallest absolute Gasteiger partial charge is 0.225 e. The molecule has 0 radical (unpaired) electrons. The van der Waals surface area contributed by atoms with E-state index in [1.807, 2.05) is 10.9 Å². The molecular formula is C42H70ClN7O3. The number of nitrogens with one attached hydrogen (secondary N) is 2. The van der Waals surface area contributed by atoms with Gasteiger partial charge in [-0.1, -0.05) is 110 Å². The molecule has 0 unspecified atom stereocenters. The Morgan fingerprint density at radius 1 is 0.774 bits per heavy atom. The van der Waals surface area contributed by atoms with Gasteiger partial charge in [-0.25, -0.2) is 4.98 Å². The van der Waals surface area contributed by atoms with Crippen molar-refractivity contribution in [2.75, 3.05) is 46.2 Å². The Bertz CT molecular complexity index is 1420. The summed E-state index contributed by atoms with van der Waals surface area (Å²) in [5, 5.41) is 11.4. The molecule has 1 aromatic carbocycles. The fraction of sp³-hybridized carbons (Fsp3) is 0.714. The molecule has 0 saturated heterocycles. The van der Waals surface area contributed by atoms with E-state index in [2.05, 4.69) is 58.5 Å². The Kier molecular flexibility index (Phi) is 22.3. The molecule has 0 spiro atoms. The minimum Gasteiger partial charge on any atom is -0.496 e. The SMILES string of the molecule is CCCCCCCCCCCCCCCCCC(=O)NCCCCN(C)Cc1cc(OC)c(Cn2cc3nc(Cl)nc(NCCCC)c3n2)c(OC)c1. The Hall–Kier alpha value is -3.11. The number of anilines is 1. The quantitative estimate of drug-likeness (QED) is 0.0494. The molecule has 11 heteroatoms. The highest BCUT2D eigenvalue weighted by Crippen LogP contribution is 2.32. The van der Waals surface area contributed by atoms with Crippen molar-refractivity contribution in [2.24, 2.45) is 0 Å². The van der Waals surface area contributed by atoms with E-state index >= 15 is 0 Å². The summed E-state index contributed by atoms with van der Waals surface area (Å²) in [6.07, 6.45) is 26.7. The maximum atomic E-state index is 12.3. The molecule has 0 fully saturated rings. The van der Waals surface area contributed by atoms with E-state index in [-0.39, 0.29) is 11.2 Å². The molecule has 1 amide bonds. The molecule has 2 heterocycles. The standard InChI is InChI=1S/C42H70ClN7O3/c1-6-8-10-11-12-13-14-15-16-17-18-19-20-21-22-25-39(51)44-27-23-24-28-49(3)31-34-29-37(52-4)35(38(30-34)53-5)32-50-33-36-40(48-50)41(45-26-9-7-2)47-42(43)46-36/h29-30,33H,6-28,31-32H2,1-5H3,(H,44,51)(H,45,46,47). The Morgan fingerprint density at radius 2 is 1.36 bits per heavy atom. The highest BCUT2D eigenvalue weighted by atomic mass is 35.5. The minimum absolute atomic E-state index is 0.190. The summed E-state index contributed by atoms with van der Waals surface area (Å²) in [6, 6.07) is 4.15. The summed E-state index contributed by atoms with van der Waals surface area (Å²) < 4.78 is 13.5. The van der Waals surface area contributed by atoms with Crippen molar-refractivity contribution >= 4 is 34.4 Å². The van der Waals surface area contributed by atoms with Crippen LogP contribution in [0.2, 0.25) is 5.28 Å². The van der Waals surface area contributed by atoms with Gasteiger partial charge >= 0.3 is 0 Å². The highest BCUT2D eigenvalue weighted by molar-refractivity contribution is 6.28. The Morgan fingerprint density at radius 3 is 1.94 bits per heavy atom. The molecule has 298 valence electrons. The van der Waals surface area contributed by atoms with Crippen molar-refractivity contribution in [3.8, 4) is 11.5 Å². The van der Waals surface area contributed by atoms with Crippen LogP contribution in [0.15, 0.2) is 18.3 Å². The maximum absolute atomic E-state index is 12.3. The molecule has 0 bridgehead atoms. The van der Waals surface area contributed by atoms with Gasteiger partial charge < -0.3 is 25.0 Å². The monoisotopic (exact) mass is 756 g/mol. The summed E-state index contributed by atoms with van der Waals surface area (Å²) in [4.78, 5) is 23.4. The number of rotatable bonds is 31. The number of fused-ring (bicyclic) bond motifs is 1. The van der Waals surface area contributed by atoms with E-state index < -0.39 is 0 Å². The lowest BCUT2D eigenvalue weighted by atomic mass is 10.0. The van der Waals surface area contributed by atoms with Gasteiger partial charge in [0.15, 0.2) is 11.3 Å². The Labute approximate surface area is 325 Å². The first-order chi connectivity index (χ1) is 25.9. The number of benzene rings is 1. The van der Waals surface area contributed by atoms with Crippen LogP contribution < -0.4 is 20.1 Å². The second-order valence-corrected chi connectivity index (χ2v) is 15.0. The Balaban J connectivity index is 1.30. The number of carbonyl (C=O) groups excluding carboxylic acids is 1. The molecule has 0 aliphatic rings. The number of methoxy groups -OCH3 is 2. The van der Waals surface area contributed by atoms with Crippen LogP contribution in [0, 0.1) is 0 Å². The molecule has 0 aliphatic heterocycles. The zero-order valence-corrected chi connectivity index (χ0v) is 34.5. The van der Waals surface area contributed by atoms with Gasteiger partial charge in [-0.15, -0.1) is 0 Å². The third kappa shape index (κ3) is 17.3. The van der Waals surface area contributed by atoms with Crippen molar-refractivity contribution in [2.45, 2.75) is 155 Å². The molecule has 53 heavy (non-hydrogen) atoms. The van der Waals surface area contributed by atoms with E-state index in [1.54, 1.807) is 14.2 Å². The molecular weight excluding hydrogens is 686 g/mol. The van der Waals surface area contributed by atoms with Gasteiger partial charge in [0.05, 0.1) is 32.5 Å². The number of carbonyl (C=O) groups is 1. The second kappa shape index (κ2) is 26.6. The topological polar surface area (TPSA) is 106 Å². The van der Waals surface area contributed by atoms with Crippen LogP contribution in [0.25, 0.3) is 11.0 Å². The number of hydrogen-bond acceptors (Lipinski definition) is 8. The van der Waals surface area contributed by atoms with E-state index in [0.717, 1.165) is 87.3 Å². The van der Waals surface area contributed by atoms with Gasteiger partial charge in [-0.05, 0) is 68.6 Å². The van der Waals surface area contributed by atoms with Gasteiger partial charge in [-0.3, -0.25) is 9.48 Å². The van der Waals surface area contributed by atoms with E-state index in [9.17, 15) is 4.79 Å². The largest absolute Gasteiger partial charge is 0.496 e. The lowest BCUT2D eigenvalue weighted by molar-refractivity contribution is -0.121. The second-order valence-electron chi connectivity index (χ2n) is 14.7. The summed E-state index contributed by atoms with van der Waals surface area (Å²) >= 11 is 6.22. The third-order valence-corrected chi connectivity index (χ3v) is 10.1. The predicted molar refractivity (Wildman–Crippen MR) is 221 cm³/mol. The first kappa shape index (κ1) is 44.3. The number of hydrogen-bond donors (Lipinski definition) is 2. The van der Waals surface area contributed by atoms with Crippen LogP contribution in [-0.2, 0) is 17.9 Å². The van der Waals surface area contributed by atoms with Crippen molar-refractivity contribution in [3.05, 3.63) is 34.7 Å². The fourth-order valence-electron chi connectivity index (χ4n) is 6.84. The van der Waals surface area contributed by atoms with Crippen LogP contribution in [0.1, 0.15) is 153 Å². The lowest BCUT2D eigenvalue weighted by Crippen LogP contribution is -2.25. The lowest BCUT2D eigenvalue weighted by Gasteiger charge is -2.20. The normalized spacial score (nSPS) is 11.5. The summed E-state index contributed by atoms with van der Waals surface area (Å²) in [7, 11) is 5.48. The van der Waals surface area contributed by atoms with Crippen molar-refractivity contribution in [3.63, 3.8) is 0 Å². The third-order valence-electron chi connectivity index (χ3n) is 9.94. The maximum Gasteiger partial charge on any atom is 0.225 e. The van der Waals surface area contributed by atoms with Gasteiger partial charge in [0.1, 0.15) is 17.0 Å². The summed E-state index contributed by atoms with van der Waals surface area (Å²) in [5.41, 5.74) is 3.36. The van der Waals surface area contributed by atoms with Crippen LogP contribution in [0.4, 0.5) is 5.82 Å². The zero-order chi connectivity index (χ0) is 38.1. The van der Waals surface area contributed by atoms with Gasteiger partial charge in [0.2, 0.25) is 11.2 Å². The molecule has 0 atom stereocenters.